The van der Waals surface area contributed by atoms with Crippen LogP contribution in [0.3, 0.4) is 0 Å². The van der Waals surface area contributed by atoms with Crippen LogP contribution in [0.25, 0.3) is 0 Å². The minimum Gasteiger partial charge on any atom is -0.459 e. The molecule has 0 aliphatic carbocycles. The number of hydrogen-bond donors (Lipinski definition) is 1. The van der Waals surface area contributed by atoms with Gasteiger partial charge in [0.1, 0.15) is 6.10 Å². The zero-order valence-corrected chi connectivity index (χ0v) is 7.62. The van der Waals surface area contributed by atoms with Crippen molar-refractivity contribution in [2.24, 2.45) is 5.73 Å². The van der Waals surface area contributed by atoms with Gasteiger partial charge in [-0.2, -0.15) is 0 Å². The summed E-state index contributed by atoms with van der Waals surface area (Å²) in [6.07, 6.45) is 0.0726. The summed E-state index contributed by atoms with van der Waals surface area (Å²) in [5.41, 5.74) is 5.11. The summed E-state index contributed by atoms with van der Waals surface area (Å²) in [7, 11) is 0. The Morgan fingerprint density at radius 3 is 2.67 bits per heavy atom. The van der Waals surface area contributed by atoms with Crippen LogP contribution in [0, 0.1) is 0 Å². The molecule has 0 bridgehead atoms. The molecule has 0 radical (unpaired) electrons. The molecule has 0 unspecified atom stereocenters. The highest BCUT2D eigenvalue weighted by molar-refractivity contribution is 5.71. The SMILES string of the molecule is CC(C)N1CC(OC(=O)CN)C1. The standard InChI is InChI=1S/C8H16N2O2/c1-6(2)10-4-7(5-10)12-8(11)3-9/h6-7H,3-5,9H2,1-2H3. The molecule has 70 valence electrons. The number of likely N-dealkylation sites (tertiary alicyclic amines) is 1. The fourth-order valence-corrected chi connectivity index (χ4v) is 1.20. The smallest absolute Gasteiger partial charge is 0.320 e. The maximum Gasteiger partial charge on any atom is 0.320 e. The first-order valence-electron chi connectivity index (χ1n) is 4.27. The Balaban J connectivity index is 2.13. The zero-order chi connectivity index (χ0) is 9.14. The molecule has 1 aliphatic heterocycles. The van der Waals surface area contributed by atoms with Crippen molar-refractivity contribution in [1.29, 1.82) is 0 Å². The number of ether oxygens (including phenoxy) is 1. The molecule has 4 heteroatoms. The monoisotopic (exact) mass is 172 g/mol. The lowest BCUT2D eigenvalue weighted by molar-refractivity contribution is -0.156. The number of hydrogen-bond acceptors (Lipinski definition) is 4. The van der Waals surface area contributed by atoms with Gasteiger partial charge in [-0.15, -0.1) is 0 Å². The fourth-order valence-electron chi connectivity index (χ4n) is 1.20. The fraction of sp³-hybridized carbons (Fsp3) is 0.875. The van der Waals surface area contributed by atoms with Crippen molar-refractivity contribution in [2.45, 2.75) is 26.0 Å². The van der Waals surface area contributed by atoms with Crippen molar-refractivity contribution in [2.75, 3.05) is 19.6 Å². The topological polar surface area (TPSA) is 55.6 Å². The quantitative estimate of drug-likeness (QED) is 0.587. The van der Waals surface area contributed by atoms with Gasteiger partial charge >= 0.3 is 5.97 Å². The Morgan fingerprint density at radius 1 is 1.67 bits per heavy atom. The predicted molar refractivity (Wildman–Crippen MR) is 45.6 cm³/mol. The lowest BCUT2D eigenvalue weighted by atomic mass is 10.1. The van der Waals surface area contributed by atoms with Gasteiger partial charge in [0.15, 0.2) is 0 Å². The predicted octanol–water partition coefficient (Wildman–Crippen LogP) is -0.419. The van der Waals surface area contributed by atoms with Crippen molar-refractivity contribution >= 4 is 5.97 Å². The van der Waals surface area contributed by atoms with E-state index in [2.05, 4.69) is 18.7 Å². The van der Waals surface area contributed by atoms with Crippen molar-refractivity contribution in [3.8, 4) is 0 Å². The largest absolute Gasteiger partial charge is 0.459 e. The number of nitrogens with two attached hydrogens (primary N) is 1. The number of rotatable bonds is 3. The molecule has 0 spiro atoms. The second-order valence-corrected chi connectivity index (χ2v) is 3.36. The summed E-state index contributed by atoms with van der Waals surface area (Å²) in [4.78, 5) is 13.0. The first-order chi connectivity index (χ1) is 5.63. The molecule has 1 saturated heterocycles. The van der Waals surface area contributed by atoms with E-state index in [9.17, 15) is 4.79 Å². The van der Waals surface area contributed by atoms with Crippen molar-refractivity contribution in [1.82, 2.24) is 4.90 Å². The summed E-state index contributed by atoms with van der Waals surface area (Å²) >= 11 is 0. The van der Waals surface area contributed by atoms with Crippen LogP contribution in [-0.2, 0) is 9.53 Å². The lowest BCUT2D eigenvalue weighted by Gasteiger charge is -2.41. The molecule has 4 nitrogen and oxygen atoms in total. The molecule has 0 aromatic rings. The Hall–Kier alpha value is -0.610. The van der Waals surface area contributed by atoms with Gasteiger partial charge in [-0.1, -0.05) is 0 Å². The second-order valence-electron chi connectivity index (χ2n) is 3.36. The van der Waals surface area contributed by atoms with E-state index in [1.165, 1.54) is 0 Å². The highest BCUT2D eigenvalue weighted by Gasteiger charge is 2.30. The molecule has 0 aromatic heterocycles. The maximum atomic E-state index is 10.7. The first-order valence-corrected chi connectivity index (χ1v) is 4.27. The number of esters is 1. The van der Waals surface area contributed by atoms with Crippen LogP contribution in [0.1, 0.15) is 13.8 Å². The zero-order valence-electron chi connectivity index (χ0n) is 7.62. The molecule has 0 atom stereocenters. The average molecular weight is 172 g/mol. The summed E-state index contributed by atoms with van der Waals surface area (Å²) in [5.74, 6) is -0.302. The Morgan fingerprint density at radius 2 is 2.25 bits per heavy atom. The summed E-state index contributed by atoms with van der Waals surface area (Å²) in [6.45, 7) is 5.94. The maximum absolute atomic E-state index is 10.7. The first kappa shape index (κ1) is 9.48. The van der Waals surface area contributed by atoms with Crippen LogP contribution >= 0.6 is 0 Å². The molecule has 1 fully saturated rings. The van der Waals surface area contributed by atoms with Crippen molar-refractivity contribution < 1.29 is 9.53 Å². The third-order valence-corrected chi connectivity index (χ3v) is 2.07. The molecule has 0 amide bonds. The van der Waals surface area contributed by atoms with Crippen LogP contribution in [0.15, 0.2) is 0 Å². The lowest BCUT2D eigenvalue weighted by Crippen LogP contribution is -2.55. The van der Waals surface area contributed by atoms with Gasteiger partial charge in [0, 0.05) is 19.1 Å². The van der Waals surface area contributed by atoms with Crippen LogP contribution in [0.4, 0.5) is 0 Å². The summed E-state index contributed by atoms with van der Waals surface area (Å²) in [5, 5.41) is 0. The number of nitrogens with zero attached hydrogens (tertiary/aromatic N) is 1. The van der Waals surface area contributed by atoms with Crippen LogP contribution in [-0.4, -0.2) is 42.6 Å². The van der Waals surface area contributed by atoms with E-state index in [0.29, 0.717) is 6.04 Å². The van der Waals surface area contributed by atoms with E-state index in [4.69, 9.17) is 10.5 Å². The van der Waals surface area contributed by atoms with E-state index in [0.717, 1.165) is 13.1 Å². The molecule has 2 N–H and O–H groups in total. The molecular formula is C8H16N2O2. The van der Waals surface area contributed by atoms with Crippen LogP contribution in [0.5, 0.6) is 0 Å². The van der Waals surface area contributed by atoms with Gasteiger partial charge < -0.3 is 10.5 Å². The van der Waals surface area contributed by atoms with Gasteiger partial charge in [-0.3, -0.25) is 9.69 Å². The van der Waals surface area contributed by atoms with Gasteiger partial charge in [-0.05, 0) is 13.8 Å². The Kier molecular flexibility index (Phi) is 3.05. The minimum absolute atomic E-state index is 0.0157. The normalized spacial score (nSPS) is 19.3. The Labute approximate surface area is 72.7 Å². The third kappa shape index (κ3) is 2.19. The molecule has 0 aromatic carbocycles. The number of carbonyl (C=O) groups excluding carboxylic acids is 1. The van der Waals surface area contributed by atoms with E-state index in [-0.39, 0.29) is 18.6 Å². The van der Waals surface area contributed by atoms with Crippen molar-refractivity contribution in [3.63, 3.8) is 0 Å². The molecule has 1 aliphatic rings. The molecular weight excluding hydrogens is 156 g/mol. The molecule has 12 heavy (non-hydrogen) atoms. The van der Waals surface area contributed by atoms with Gasteiger partial charge in [0.05, 0.1) is 6.54 Å². The molecule has 0 saturated carbocycles. The number of carbonyl (C=O) groups is 1. The van der Waals surface area contributed by atoms with Crippen LogP contribution < -0.4 is 5.73 Å². The molecule has 1 heterocycles. The highest BCUT2D eigenvalue weighted by atomic mass is 16.5. The van der Waals surface area contributed by atoms with Gasteiger partial charge in [0.25, 0.3) is 0 Å². The molecule has 1 rings (SSSR count). The highest BCUT2D eigenvalue weighted by Crippen LogP contribution is 2.14. The van der Waals surface area contributed by atoms with E-state index >= 15 is 0 Å². The Bertz CT molecular complexity index is 164. The summed E-state index contributed by atoms with van der Waals surface area (Å²) in [6, 6.07) is 0.540. The van der Waals surface area contributed by atoms with E-state index < -0.39 is 0 Å². The van der Waals surface area contributed by atoms with Gasteiger partial charge in [-0.25, -0.2) is 0 Å². The van der Waals surface area contributed by atoms with Crippen LogP contribution in [0.2, 0.25) is 0 Å². The summed E-state index contributed by atoms with van der Waals surface area (Å²) < 4.78 is 5.01. The van der Waals surface area contributed by atoms with Gasteiger partial charge in [0.2, 0.25) is 0 Å². The van der Waals surface area contributed by atoms with E-state index in [1.54, 1.807) is 0 Å². The average Bonchev–Trinajstić information content (AvgIpc) is 1.94. The van der Waals surface area contributed by atoms with Crippen molar-refractivity contribution in [3.05, 3.63) is 0 Å². The second kappa shape index (κ2) is 3.87. The van der Waals surface area contributed by atoms with E-state index in [1.807, 2.05) is 0 Å². The third-order valence-electron chi connectivity index (χ3n) is 2.07. The minimum atomic E-state index is -0.302.